The van der Waals surface area contributed by atoms with Crippen molar-refractivity contribution < 1.29 is 9.26 Å². The second-order valence-electron chi connectivity index (χ2n) is 4.00. The first-order valence-electron chi connectivity index (χ1n) is 5.72. The van der Waals surface area contributed by atoms with E-state index in [2.05, 4.69) is 24.0 Å². The number of hydrogen-bond donors (Lipinski definition) is 1. The van der Waals surface area contributed by atoms with Crippen molar-refractivity contribution in [2.45, 2.75) is 45.1 Å². The molecular formula is C11H21N3O2. The summed E-state index contributed by atoms with van der Waals surface area (Å²) in [5.41, 5.74) is 5.13. The highest BCUT2D eigenvalue weighted by Gasteiger charge is 2.34. The Balaban J connectivity index is 2.99. The van der Waals surface area contributed by atoms with Gasteiger partial charge in [0.25, 0.3) is 0 Å². The van der Waals surface area contributed by atoms with Gasteiger partial charge in [0, 0.05) is 19.6 Å². The minimum absolute atomic E-state index is 0.0875. The molecule has 1 atom stereocenters. The van der Waals surface area contributed by atoms with E-state index in [9.17, 15) is 0 Å². The van der Waals surface area contributed by atoms with Crippen LogP contribution in [0, 0.1) is 0 Å². The van der Waals surface area contributed by atoms with Gasteiger partial charge in [-0.05, 0) is 12.8 Å². The molecule has 1 aromatic rings. The van der Waals surface area contributed by atoms with Crippen LogP contribution in [0.15, 0.2) is 4.52 Å². The zero-order valence-electron chi connectivity index (χ0n) is 10.5. The molecule has 5 heteroatoms. The number of ether oxygens (including phenoxy) is 1. The second-order valence-corrected chi connectivity index (χ2v) is 4.00. The summed E-state index contributed by atoms with van der Waals surface area (Å²) in [4.78, 5) is 4.38. The lowest BCUT2D eigenvalue weighted by atomic mass is 9.96. The van der Waals surface area contributed by atoms with Gasteiger partial charge in [0.15, 0.2) is 0 Å². The van der Waals surface area contributed by atoms with E-state index in [1.54, 1.807) is 7.11 Å². The molecule has 1 aromatic heterocycles. The minimum atomic E-state index is -0.434. The molecule has 0 aliphatic heterocycles. The van der Waals surface area contributed by atoms with Gasteiger partial charge in [-0.25, -0.2) is 0 Å². The zero-order valence-corrected chi connectivity index (χ0v) is 10.5. The average Bonchev–Trinajstić information content (AvgIpc) is 2.81. The van der Waals surface area contributed by atoms with Crippen molar-refractivity contribution in [3.63, 3.8) is 0 Å². The van der Waals surface area contributed by atoms with E-state index in [0.29, 0.717) is 18.3 Å². The smallest absolute Gasteiger partial charge is 0.230 e. The molecule has 0 bridgehead atoms. The fourth-order valence-electron chi connectivity index (χ4n) is 1.67. The fourth-order valence-corrected chi connectivity index (χ4v) is 1.67. The van der Waals surface area contributed by atoms with Crippen LogP contribution in [-0.4, -0.2) is 23.8 Å². The maximum atomic E-state index is 5.56. The third-order valence-electron chi connectivity index (χ3n) is 3.16. The Labute approximate surface area is 96.4 Å². The second kappa shape index (κ2) is 5.41. The van der Waals surface area contributed by atoms with Crippen molar-refractivity contribution in [1.29, 1.82) is 0 Å². The zero-order chi connectivity index (χ0) is 12.2. The number of methoxy groups -OCH3 is 1. The highest BCUT2D eigenvalue weighted by molar-refractivity contribution is 5.03. The van der Waals surface area contributed by atoms with E-state index < -0.39 is 5.60 Å². The average molecular weight is 227 g/mol. The largest absolute Gasteiger partial charge is 0.370 e. The summed E-state index contributed by atoms with van der Waals surface area (Å²) >= 11 is 0. The topological polar surface area (TPSA) is 74.2 Å². The van der Waals surface area contributed by atoms with Crippen LogP contribution in [0.5, 0.6) is 0 Å². The molecule has 0 aromatic carbocycles. The Morgan fingerprint density at radius 1 is 1.44 bits per heavy atom. The first-order valence-corrected chi connectivity index (χ1v) is 5.72. The number of rotatable bonds is 6. The maximum Gasteiger partial charge on any atom is 0.230 e. The van der Waals surface area contributed by atoms with E-state index >= 15 is 0 Å². The molecule has 1 rings (SSSR count). The molecule has 0 amide bonds. The van der Waals surface area contributed by atoms with E-state index in [4.69, 9.17) is 15.0 Å². The van der Waals surface area contributed by atoms with Gasteiger partial charge in [0.1, 0.15) is 5.60 Å². The van der Waals surface area contributed by atoms with Gasteiger partial charge in [0.05, 0.1) is 0 Å². The quantitative estimate of drug-likeness (QED) is 0.802. The molecule has 0 fully saturated rings. The third kappa shape index (κ3) is 2.25. The number of nitrogens with zero attached hydrogens (tertiary/aromatic N) is 2. The van der Waals surface area contributed by atoms with Gasteiger partial charge >= 0.3 is 0 Å². The number of aromatic nitrogens is 2. The van der Waals surface area contributed by atoms with Crippen molar-refractivity contribution in [2.24, 2.45) is 5.73 Å². The summed E-state index contributed by atoms with van der Waals surface area (Å²) in [5.74, 6) is 1.29. The molecule has 0 spiro atoms. The summed E-state index contributed by atoms with van der Waals surface area (Å²) in [6.45, 7) is 6.56. The Hall–Kier alpha value is -0.940. The van der Waals surface area contributed by atoms with Crippen molar-refractivity contribution in [2.75, 3.05) is 13.7 Å². The third-order valence-corrected chi connectivity index (χ3v) is 3.16. The first kappa shape index (κ1) is 13.1. The monoisotopic (exact) mass is 227 g/mol. The minimum Gasteiger partial charge on any atom is -0.370 e. The predicted octanol–water partition coefficient (Wildman–Crippen LogP) is 1.79. The summed E-state index contributed by atoms with van der Waals surface area (Å²) in [6, 6.07) is 0. The molecule has 0 aliphatic rings. The van der Waals surface area contributed by atoms with E-state index in [1.165, 1.54) is 0 Å². The van der Waals surface area contributed by atoms with Gasteiger partial charge in [-0.15, -0.1) is 0 Å². The lowest BCUT2D eigenvalue weighted by Gasteiger charge is -2.25. The number of nitrogens with two attached hydrogens (primary N) is 1. The Morgan fingerprint density at radius 3 is 2.50 bits per heavy atom. The van der Waals surface area contributed by atoms with Crippen molar-refractivity contribution >= 4 is 0 Å². The molecular weight excluding hydrogens is 206 g/mol. The maximum absolute atomic E-state index is 5.56. The van der Waals surface area contributed by atoms with Crippen LogP contribution < -0.4 is 5.73 Å². The highest BCUT2D eigenvalue weighted by Crippen LogP contribution is 2.30. The molecule has 0 saturated carbocycles. The Bertz CT molecular complexity index is 313. The summed E-state index contributed by atoms with van der Waals surface area (Å²) in [5, 5.41) is 4.00. The highest BCUT2D eigenvalue weighted by atomic mass is 16.5. The molecule has 92 valence electrons. The molecule has 5 nitrogen and oxygen atoms in total. The first-order chi connectivity index (χ1) is 7.63. The van der Waals surface area contributed by atoms with Gasteiger partial charge in [-0.2, -0.15) is 4.98 Å². The van der Waals surface area contributed by atoms with Crippen LogP contribution in [0.2, 0.25) is 0 Å². The van der Waals surface area contributed by atoms with Crippen LogP contribution in [-0.2, 0) is 10.3 Å². The lowest BCUT2D eigenvalue weighted by Crippen LogP contribution is -2.28. The van der Waals surface area contributed by atoms with Gasteiger partial charge in [0.2, 0.25) is 11.7 Å². The standard InChI is InChI=1S/C11H21N3O2/c1-5-11(6-2,15-4)10-13-9(16-14-10)8(3)7-12/h8H,5-7,12H2,1-4H3. The number of hydrogen-bond acceptors (Lipinski definition) is 5. The van der Waals surface area contributed by atoms with Gasteiger partial charge < -0.3 is 15.0 Å². The Morgan fingerprint density at radius 2 is 2.06 bits per heavy atom. The van der Waals surface area contributed by atoms with E-state index in [0.717, 1.165) is 12.8 Å². The van der Waals surface area contributed by atoms with Gasteiger partial charge in [-0.3, -0.25) is 0 Å². The molecule has 0 radical (unpaired) electrons. The van der Waals surface area contributed by atoms with Crippen LogP contribution in [0.4, 0.5) is 0 Å². The summed E-state index contributed by atoms with van der Waals surface area (Å²) < 4.78 is 10.7. The van der Waals surface area contributed by atoms with Crippen LogP contribution in [0.1, 0.15) is 51.2 Å². The summed E-state index contributed by atoms with van der Waals surface area (Å²) in [6.07, 6.45) is 1.63. The summed E-state index contributed by atoms with van der Waals surface area (Å²) in [7, 11) is 1.68. The SMILES string of the molecule is CCC(CC)(OC)c1noc(C(C)CN)n1. The molecule has 0 aliphatic carbocycles. The lowest BCUT2D eigenvalue weighted by molar-refractivity contribution is -0.0306. The van der Waals surface area contributed by atoms with Gasteiger partial charge in [-0.1, -0.05) is 25.9 Å². The van der Waals surface area contributed by atoms with Crippen LogP contribution in [0.3, 0.4) is 0 Å². The van der Waals surface area contributed by atoms with Crippen molar-refractivity contribution in [1.82, 2.24) is 10.1 Å². The Kier molecular flexibility index (Phi) is 4.44. The molecule has 16 heavy (non-hydrogen) atoms. The van der Waals surface area contributed by atoms with Crippen molar-refractivity contribution in [3.05, 3.63) is 11.7 Å². The van der Waals surface area contributed by atoms with Crippen LogP contribution in [0.25, 0.3) is 0 Å². The molecule has 1 heterocycles. The fraction of sp³-hybridized carbons (Fsp3) is 0.818. The predicted molar refractivity (Wildman–Crippen MR) is 61.0 cm³/mol. The normalized spacial score (nSPS) is 14.1. The van der Waals surface area contributed by atoms with E-state index in [-0.39, 0.29) is 5.92 Å². The molecule has 1 unspecified atom stereocenters. The van der Waals surface area contributed by atoms with Crippen molar-refractivity contribution in [3.8, 4) is 0 Å². The van der Waals surface area contributed by atoms with Crippen LogP contribution >= 0.6 is 0 Å². The molecule has 2 N–H and O–H groups in total. The molecule has 0 saturated heterocycles. The van der Waals surface area contributed by atoms with E-state index in [1.807, 2.05) is 6.92 Å².